The van der Waals surface area contributed by atoms with Crippen molar-refractivity contribution in [3.05, 3.63) is 69.2 Å². The lowest BCUT2D eigenvalue weighted by atomic mass is 10.1. The van der Waals surface area contributed by atoms with Crippen molar-refractivity contribution in [2.75, 3.05) is 5.32 Å². The molecule has 0 atom stereocenters. The maximum atomic E-state index is 12.6. The zero-order valence-electron chi connectivity index (χ0n) is 15.0. The molecule has 2 aromatic heterocycles. The number of furan rings is 1. The molecule has 7 heteroatoms. The summed E-state index contributed by atoms with van der Waals surface area (Å²) < 4.78 is 11.8. The lowest BCUT2D eigenvalue weighted by Crippen LogP contribution is -2.13. The van der Waals surface area contributed by atoms with Gasteiger partial charge in [-0.3, -0.25) is 4.79 Å². The topological polar surface area (TPSA) is 88.1 Å². The first-order valence-electron chi connectivity index (χ1n) is 8.11. The van der Waals surface area contributed by atoms with Crippen molar-refractivity contribution in [2.45, 2.75) is 20.8 Å². The highest BCUT2D eigenvalue weighted by Gasteiger charge is 2.20. The van der Waals surface area contributed by atoms with Gasteiger partial charge in [-0.15, -0.1) is 0 Å². The molecule has 0 radical (unpaired) electrons. The van der Waals surface area contributed by atoms with Crippen molar-refractivity contribution in [3.8, 4) is 17.7 Å². The number of carbonyl (C=O) groups is 1. The summed E-state index contributed by atoms with van der Waals surface area (Å²) >= 11 is 3.39. The number of aryl methyl sites for hydroxylation is 3. The lowest BCUT2D eigenvalue weighted by molar-refractivity contribution is 0.102. The number of amides is 1. The summed E-state index contributed by atoms with van der Waals surface area (Å²) in [5, 5.41) is 12.0. The van der Waals surface area contributed by atoms with Crippen LogP contribution in [0.2, 0.25) is 0 Å². The third-order valence-corrected chi connectivity index (χ3v) is 4.92. The van der Waals surface area contributed by atoms with Gasteiger partial charge in [-0.2, -0.15) is 5.26 Å². The van der Waals surface area contributed by atoms with Gasteiger partial charge in [0.2, 0.25) is 5.88 Å². The van der Waals surface area contributed by atoms with Gasteiger partial charge in [-0.25, -0.2) is 4.98 Å². The highest BCUT2D eigenvalue weighted by atomic mass is 79.9. The van der Waals surface area contributed by atoms with Crippen LogP contribution < -0.4 is 10.1 Å². The minimum Gasteiger partial charge on any atom is -0.465 e. The van der Waals surface area contributed by atoms with Gasteiger partial charge in [-0.1, -0.05) is 0 Å². The van der Waals surface area contributed by atoms with Gasteiger partial charge >= 0.3 is 0 Å². The SMILES string of the molecule is Cc1cc(Oc2ncccc2C#N)ccc1NC(=O)c1c(C)oc(C)c1Br. The van der Waals surface area contributed by atoms with Gasteiger partial charge < -0.3 is 14.5 Å². The number of hydrogen-bond donors (Lipinski definition) is 1. The van der Waals surface area contributed by atoms with Crippen molar-refractivity contribution < 1.29 is 13.9 Å². The van der Waals surface area contributed by atoms with Crippen LogP contribution >= 0.6 is 15.9 Å². The van der Waals surface area contributed by atoms with E-state index in [-0.39, 0.29) is 11.8 Å². The number of ether oxygens (including phenoxy) is 1. The molecular formula is C20H16BrN3O3. The van der Waals surface area contributed by atoms with Gasteiger partial charge in [0.25, 0.3) is 5.91 Å². The lowest BCUT2D eigenvalue weighted by Gasteiger charge is -2.11. The fourth-order valence-electron chi connectivity index (χ4n) is 2.61. The van der Waals surface area contributed by atoms with Crippen molar-refractivity contribution in [1.82, 2.24) is 4.98 Å². The van der Waals surface area contributed by atoms with E-state index >= 15 is 0 Å². The second kappa shape index (κ2) is 7.64. The first-order valence-corrected chi connectivity index (χ1v) is 8.90. The van der Waals surface area contributed by atoms with Crippen molar-refractivity contribution >= 4 is 27.5 Å². The van der Waals surface area contributed by atoms with Gasteiger partial charge in [0.15, 0.2) is 0 Å². The Kier molecular flexibility index (Phi) is 5.28. The number of halogens is 1. The van der Waals surface area contributed by atoms with Crippen LogP contribution in [0.3, 0.4) is 0 Å². The van der Waals surface area contributed by atoms with Crippen LogP contribution in [0.25, 0.3) is 0 Å². The Balaban J connectivity index is 1.81. The van der Waals surface area contributed by atoms with E-state index in [0.29, 0.717) is 38.6 Å². The highest BCUT2D eigenvalue weighted by molar-refractivity contribution is 9.10. The first-order chi connectivity index (χ1) is 12.9. The fraction of sp³-hybridized carbons (Fsp3) is 0.150. The normalized spacial score (nSPS) is 10.3. The van der Waals surface area contributed by atoms with E-state index in [9.17, 15) is 4.79 Å². The van der Waals surface area contributed by atoms with Crippen LogP contribution in [0.1, 0.15) is 33.0 Å². The van der Waals surface area contributed by atoms with Crippen LogP contribution in [-0.2, 0) is 0 Å². The van der Waals surface area contributed by atoms with Gasteiger partial charge in [0, 0.05) is 11.9 Å². The summed E-state index contributed by atoms with van der Waals surface area (Å²) in [6.45, 7) is 5.39. The molecule has 136 valence electrons. The van der Waals surface area contributed by atoms with E-state index in [1.807, 2.05) is 13.0 Å². The molecule has 1 N–H and O–H groups in total. The molecule has 0 bridgehead atoms. The molecule has 0 aliphatic rings. The zero-order valence-corrected chi connectivity index (χ0v) is 16.5. The van der Waals surface area contributed by atoms with Crippen molar-refractivity contribution in [2.24, 2.45) is 0 Å². The Morgan fingerprint density at radius 1 is 1.26 bits per heavy atom. The number of aromatic nitrogens is 1. The van der Waals surface area contributed by atoms with Gasteiger partial charge in [0.1, 0.15) is 28.9 Å². The predicted octanol–water partition coefficient (Wildman–Crippen LogP) is 5.28. The molecule has 6 nitrogen and oxygen atoms in total. The Hall–Kier alpha value is -3.11. The zero-order chi connectivity index (χ0) is 19.6. The Bertz CT molecular complexity index is 1070. The summed E-state index contributed by atoms with van der Waals surface area (Å²) in [5.74, 6) is 1.71. The van der Waals surface area contributed by atoms with Crippen LogP contribution in [0.5, 0.6) is 11.6 Å². The van der Waals surface area contributed by atoms with Crippen LogP contribution in [-0.4, -0.2) is 10.9 Å². The number of benzene rings is 1. The molecule has 3 rings (SSSR count). The minimum absolute atomic E-state index is 0.240. The Morgan fingerprint density at radius 3 is 2.67 bits per heavy atom. The van der Waals surface area contributed by atoms with E-state index < -0.39 is 0 Å². The quantitative estimate of drug-likeness (QED) is 0.614. The van der Waals surface area contributed by atoms with E-state index in [4.69, 9.17) is 14.4 Å². The number of carbonyl (C=O) groups excluding carboxylic acids is 1. The van der Waals surface area contributed by atoms with Crippen LogP contribution in [0.15, 0.2) is 45.4 Å². The number of pyridine rings is 1. The number of anilines is 1. The first kappa shape index (κ1) is 18.7. The second-order valence-electron chi connectivity index (χ2n) is 5.90. The summed E-state index contributed by atoms with van der Waals surface area (Å²) in [5.41, 5.74) is 2.28. The molecule has 3 aromatic rings. The largest absolute Gasteiger partial charge is 0.465 e. The van der Waals surface area contributed by atoms with Crippen LogP contribution in [0.4, 0.5) is 5.69 Å². The highest BCUT2D eigenvalue weighted by Crippen LogP contribution is 2.30. The summed E-state index contributed by atoms with van der Waals surface area (Å²) in [4.78, 5) is 16.7. The summed E-state index contributed by atoms with van der Waals surface area (Å²) in [6.07, 6.45) is 1.56. The average molecular weight is 426 g/mol. The molecule has 1 amide bonds. The maximum Gasteiger partial charge on any atom is 0.260 e. The standard InChI is InChI=1S/C20H16BrN3O3/c1-11-9-15(27-20-14(10-22)5-4-8-23-20)6-7-16(11)24-19(25)17-12(2)26-13(3)18(17)21/h4-9H,1-3H3,(H,24,25). The number of nitrogens with zero attached hydrogens (tertiary/aromatic N) is 2. The monoisotopic (exact) mass is 425 g/mol. The van der Waals surface area contributed by atoms with Crippen LogP contribution in [0, 0.1) is 32.1 Å². The van der Waals surface area contributed by atoms with Crippen molar-refractivity contribution in [3.63, 3.8) is 0 Å². The minimum atomic E-state index is -0.260. The summed E-state index contributed by atoms with van der Waals surface area (Å²) in [6, 6.07) is 10.6. The van der Waals surface area contributed by atoms with E-state index in [0.717, 1.165) is 5.56 Å². The smallest absolute Gasteiger partial charge is 0.260 e. The fourth-order valence-corrected chi connectivity index (χ4v) is 3.15. The third-order valence-electron chi connectivity index (χ3n) is 3.97. The second-order valence-corrected chi connectivity index (χ2v) is 6.70. The van der Waals surface area contributed by atoms with Gasteiger partial charge in [0.05, 0.1) is 10.0 Å². The Morgan fingerprint density at radius 2 is 2.04 bits per heavy atom. The molecule has 0 unspecified atom stereocenters. The third kappa shape index (κ3) is 3.86. The summed E-state index contributed by atoms with van der Waals surface area (Å²) in [7, 11) is 0. The number of nitrogens with one attached hydrogen (secondary N) is 1. The average Bonchev–Trinajstić information content (AvgIpc) is 2.90. The molecule has 27 heavy (non-hydrogen) atoms. The molecular weight excluding hydrogens is 410 g/mol. The van der Waals surface area contributed by atoms with E-state index in [1.54, 1.807) is 50.4 Å². The molecule has 0 fully saturated rings. The molecule has 2 heterocycles. The Labute approximate surface area is 164 Å². The molecule has 0 saturated carbocycles. The maximum absolute atomic E-state index is 12.6. The molecule has 0 aliphatic carbocycles. The van der Waals surface area contributed by atoms with E-state index in [2.05, 4.69) is 26.2 Å². The molecule has 0 saturated heterocycles. The van der Waals surface area contributed by atoms with Gasteiger partial charge in [-0.05, 0) is 72.6 Å². The van der Waals surface area contributed by atoms with E-state index in [1.165, 1.54) is 0 Å². The molecule has 0 aliphatic heterocycles. The number of hydrogen-bond acceptors (Lipinski definition) is 5. The predicted molar refractivity (Wildman–Crippen MR) is 104 cm³/mol. The number of nitriles is 1. The molecule has 0 spiro atoms. The number of rotatable bonds is 4. The molecule has 1 aromatic carbocycles. The van der Waals surface area contributed by atoms with Crippen molar-refractivity contribution in [1.29, 1.82) is 5.26 Å².